The molecule has 0 bridgehead atoms. The van der Waals surface area contributed by atoms with Gasteiger partial charge in [-0.1, -0.05) is 47.5 Å². The summed E-state index contributed by atoms with van der Waals surface area (Å²) >= 11 is 0. The quantitative estimate of drug-likeness (QED) is 0.132. The van der Waals surface area contributed by atoms with Gasteiger partial charge >= 0.3 is 5.97 Å². The summed E-state index contributed by atoms with van der Waals surface area (Å²) in [4.78, 5) is 24.9. The number of aryl methyl sites for hydroxylation is 2. The van der Waals surface area contributed by atoms with E-state index in [1.165, 1.54) is 18.9 Å². The van der Waals surface area contributed by atoms with Crippen LogP contribution < -0.4 is 19.6 Å². The van der Waals surface area contributed by atoms with Gasteiger partial charge in [-0.3, -0.25) is 4.79 Å². The maximum absolute atomic E-state index is 12.5. The molecular weight excluding hydrogens is 480 g/mol. The molecule has 0 atom stereocenters. The van der Waals surface area contributed by atoms with Gasteiger partial charge in [0, 0.05) is 5.56 Å². The van der Waals surface area contributed by atoms with Crippen molar-refractivity contribution in [2.45, 2.75) is 20.5 Å². The average Bonchev–Trinajstić information content (AvgIpc) is 2.94. The summed E-state index contributed by atoms with van der Waals surface area (Å²) in [6.07, 6.45) is 1.48. The smallest absolute Gasteiger partial charge is 0.343 e. The molecule has 1 N–H and O–H groups in total. The van der Waals surface area contributed by atoms with Gasteiger partial charge in [-0.25, -0.2) is 10.2 Å². The molecule has 0 saturated carbocycles. The fourth-order valence-corrected chi connectivity index (χ4v) is 3.48. The Morgan fingerprint density at radius 2 is 1.42 bits per heavy atom. The van der Waals surface area contributed by atoms with Crippen LogP contribution in [0.25, 0.3) is 0 Å². The third-order valence-corrected chi connectivity index (χ3v) is 5.70. The summed E-state index contributed by atoms with van der Waals surface area (Å²) in [6, 6.07) is 27.1. The molecule has 0 unspecified atom stereocenters. The number of methoxy groups -OCH3 is 1. The number of benzene rings is 4. The molecule has 0 spiro atoms. The third kappa shape index (κ3) is 7.07. The highest BCUT2D eigenvalue weighted by molar-refractivity contribution is 5.95. The van der Waals surface area contributed by atoms with E-state index in [0.717, 1.165) is 11.1 Å². The molecule has 0 radical (unpaired) electrons. The number of esters is 1. The predicted molar refractivity (Wildman–Crippen MR) is 146 cm³/mol. The third-order valence-electron chi connectivity index (χ3n) is 5.70. The van der Waals surface area contributed by atoms with Crippen molar-refractivity contribution in [1.29, 1.82) is 0 Å². The van der Waals surface area contributed by atoms with Crippen LogP contribution in [0.3, 0.4) is 0 Å². The van der Waals surface area contributed by atoms with Crippen LogP contribution in [-0.4, -0.2) is 25.2 Å². The second kappa shape index (κ2) is 12.4. The Labute approximate surface area is 221 Å². The van der Waals surface area contributed by atoms with Gasteiger partial charge in [0.2, 0.25) is 0 Å². The van der Waals surface area contributed by atoms with Gasteiger partial charge in [-0.05, 0) is 79.6 Å². The number of hydrogen-bond donors (Lipinski definition) is 1. The summed E-state index contributed by atoms with van der Waals surface area (Å²) < 4.78 is 16.6. The Bertz CT molecular complexity index is 1430. The van der Waals surface area contributed by atoms with Crippen molar-refractivity contribution in [2.24, 2.45) is 5.10 Å². The minimum Gasteiger partial charge on any atom is -0.493 e. The van der Waals surface area contributed by atoms with Gasteiger partial charge in [0.1, 0.15) is 12.4 Å². The zero-order valence-corrected chi connectivity index (χ0v) is 21.4. The molecule has 4 aromatic carbocycles. The number of ether oxygens (including phenoxy) is 3. The number of nitrogens with one attached hydrogen (secondary N) is 1. The molecule has 0 aliphatic rings. The molecule has 7 nitrogen and oxygen atoms in total. The molecule has 0 saturated heterocycles. The Balaban J connectivity index is 1.31. The normalized spacial score (nSPS) is 10.7. The second-order valence-corrected chi connectivity index (χ2v) is 8.66. The van der Waals surface area contributed by atoms with E-state index in [2.05, 4.69) is 10.5 Å². The summed E-state index contributed by atoms with van der Waals surface area (Å²) in [7, 11) is 1.48. The standard InChI is InChI=1S/C31H28N2O5/c1-21-4-8-23(9-5-21)20-37-27-15-13-25(14-16-27)30(34)33-32-19-24-10-17-28(29(18-24)36-3)38-31(35)26-11-6-22(2)7-12-26/h4-19H,20H2,1-3H3,(H,33,34)/b32-19-. The van der Waals surface area contributed by atoms with Crippen LogP contribution in [-0.2, 0) is 6.61 Å². The van der Waals surface area contributed by atoms with Crippen molar-refractivity contribution in [3.05, 3.63) is 124 Å². The minimum atomic E-state index is -0.483. The van der Waals surface area contributed by atoms with Crippen LogP contribution >= 0.6 is 0 Å². The highest BCUT2D eigenvalue weighted by Gasteiger charge is 2.13. The first-order chi connectivity index (χ1) is 18.4. The number of carbonyl (C=O) groups is 2. The first kappa shape index (κ1) is 26.2. The van der Waals surface area contributed by atoms with Gasteiger partial charge in [0.25, 0.3) is 5.91 Å². The van der Waals surface area contributed by atoms with Crippen LogP contribution in [0.1, 0.15) is 43.0 Å². The Morgan fingerprint density at radius 3 is 2.08 bits per heavy atom. The Morgan fingerprint density at radius 1 is 0.789 bits per heavy atom. The first-order valence-electron chi connectivity index (χ1n) is 12.0. The second-order valence-electron chi connectivity index (χ2n) is 8.66. The highest BCUT2D eigenvalue weighted by atomic mass is 16.6. The number of rotatable bonds is 9. The van der Waals surface area contributed by atoms with E-state index in [0.29, 0.717) is 34.8 Å². The van der Waals surface area contributed by atoms with Crippen molar-refractivity contribution < 1.29 is 23.8 Å². The van der Waals surface area contributed by atoms with E-state index in [-0.39, 0.29) is 11.7 Å². The lowest BCUT2D eigenvalue weighted by Crippen LogP contribution is -2.17. The molecule has 0 aromatic heterocycles. The van der Waals surface area contributed by atoms with Crippen LogP contribution in [0.5, 0.6) is 17.2 Å². The number of hydrazone groups is 1. The van der Waals surface area contributed by atoms with Gasteiger partial charge in [0.15, 0.2) is 11.5 Å². The van der Waals surface area contributed by atoms with Crippen LogP contribution in [0.2, 0.25) is 0 Å². The van der Waals surface area contributed by atoms with Crippen molar-refractivity contribution in [2.75, 3.05) is 7.11 Å². The molecular formula is C31H28N2O5. The van der Waals surface area contributed by atoms with Crippen LogP contribution in [0, 0.1) is 13.8 Å². The fourth-order valence-electron chi connectivity index (χ4n) is 3.48. The Hall–Kier alpha value is -4.91. The lowest BCUT2D eigenvalue weighted by atomic mass is 10.1. The number of hydrogen-bond acceptors (Lipinski definition) is 6. The van der Waals surface area contributed by atoms with Crippen molar-refractivity contribution in [3.8, 4) is 17.2 Å². The van der Waals surface area contributed by atoms with E-state index >= 15 is 0 Å². The fraction of sp³-hybridized carbons (Fsp3) is 0.129. The molecule has 4 rings (SSSR count). The molecule has 0 fully saturated rings. The van der Waals surface area contributed by atoms with Crippen molar-refractivity contribution in [1.82, 2.24) is 5.43 Å². The average molecular weight is 509 g/mol. The monoisotopic (exact) mass is 508 g/mol. The molecule has 0 heterocycles. The van der Waals surface area contributed by atoms with Crippen molar-refractivity contribution >= 4 is 18.1 Å². The molecule has 4 aromatic rings. The molecule has 192 valence electrons. The molecule has 1 amide bonds. The van der Waals surface area contributed by atoms with E-state index in [4.69, 9.17) is 14.2 Å². The van der Waals surface area contributed by atoms with Gasteiger partial charge in [-0.15, -0.1) is 0 Å². The lowest BCUT2D eigenvalue weighted by Gasteiger charge is -2.10. The summed E-state index contributed by atoms with van der Waals surface area (Å²) in [6.45, 7) is 4.43. The zero-order chi connectivity index (χ0) is 26.9. The highest BCUT2D eigenvalue weighted by Crippen LogP contribution is 2.28. The molecule has 0 aliphatic heterocycles. The number of carbonyl (C=O) groups excluding carboxylic acids is 2. The molecule has 7 heteroatoms. The summed E-state index contributed by atoms with van der Waals surface area (Å²) in [5.41, 5.74) is 7.36. The SMILES string of the molecule is COc1cc(/C=N\NC(=O)c2ccc(OCc3ccc(C)cc3)cc2)ccc1OC(=O)c1ccc(C)cc1. The van der Waals surface area contributed by atoms with Gasteiger partial charge in [-0.2, -0.15) is 5.10 Å². The predicted octanol–water partition coefficient (Wildman–Crippen LogP) is 5.87. The summed E-state index contributed by atoms with van der Waals surface area (Å²) in [5, 5.41) is 4.03. The maximum Gasteiger partial charge on any atom is 0.343 e. The first-order valence-corrected chi connectivity index (χ1v) is 12.0. The zero-order valence-electron chi connectivity index (χ0n) is 21.4. The Kier molecular flexibility index (Phi) is 8.51. The molecule has 0 aliphatic carbocycles. The maximum atomic E-state index is 12.5. The largest absolute Gasteiger partial charge is 0.493 e. The number of nitrogens with zero attached hydrogens (tertiary/aromatic N) is 1. The van der Waals surface area contributed by atoms with E-state index < -0.39 is 5.97 Å². The van der Waals surface area contributed by atoms with Crippen LogP contribution in [0.4, 0.5) is 0 Å². The number of amides is 1. The van der Waals surface area contributed by atoms with E-state index in [9.17, 15) is 9.59 Å². The molecule has 38 heavy (non-hydrogen) atoms. The minimum absolute atomic E-state index is 0.281. The van der Waals surface area contributed by atoms with Crippen molar-refractivity contribution in [3.63, 3.8) is 0 Å². The van der Waals surface area contributed by atoms with Crippen LogP contribution in [0.15, 0.2) is 96.1 Å². The van der Waals surface area contributed by atoms with Gasteiger partial charge in [0.05, 0.1) is 18.9 Å². The van der Waals surface area contributed by atoms with Gasteiger partial charge < -0.3 is 14.2 Å². The van der Waals surface area contributed by atoms with E-state index in [1.54, 1.807) is 54.6 Å². The van der Waals surface area contributed by atoms with E-state index in [1.807, 2.05) is 50.2 Å². The summed E-state index contributed by atoms with van der Waals surface area (Å²) in [5.74, 6) is 0.470. The lowest BCUT2D eigenvalue weighted by molar-refractivity contribution is 0.0729. The topological polar surface area (TPSA) is 86.2 Å².